The van der Waals surface area contributed by atoms with Crippen LogP contribution in [-0.4, -0.2) is 40.7 Å². The molecule has 0 spiro atoms. The Morgan fingerprint density at radius 2 is 1.94 bits per heavy atom. The summed E-state index contributed by atoms with van der Waals surface area (Å²) in [6.45, 7) is -0.386. The molecular weight excluding hydrogens is 442 g/mol. The number of fused-ring (bicyclic) bond motifs is 1. The number of H-pyrrole nitrogens is 1. The summed E-state index contributed by atoms with van der Waals surface area (Å²) in [5, 5.41) is 2.82. The highest BCUT2D eigenvalue weighted by Crippen LogP contribution is 2.29. The van der Waals surface area contributed by atoms with Crippen LogP contribution < -0.4 is 5.32 Å². The Balaban J connectivity index is 1.44. The van der Waals surface area contributed by atoms with Gasteiger partial charge in [0, 0.05) is 41.2 Å². The van der Waals surface area contributed by atoms with Crippen LogP contribution in [0.3, 0.4) is 0 Å². The van der Waals surface area contributed by atoms with Gasteiger partial charge in [-0.1, -0.05) is 12.1 Å². The summed E-state index contributed by atoms with van der Waals surface area (Å²) in [5.74, 6) is -2.92. The maximum Gasteiger partial charge on any atom is 0.490 e. The van der Waals surface area contributed by atoms with Crippen molar-refractivity contribution in [2.45, 2.75) is 31.5 Å². The summed E-state index contributed by atoms with van der Waals surface area (Å²) in [4.78, 5) is 30.7. The quantitative estimate of drug-likeness (QED) is 0.323. The molecule has 1 amide bonds. The lowest BCUT2D eigenvalue weighted by atomic mass is 9.98. The van der Waals surface area contributed by atoms with Crippen molar-refractivity contribution in [3.8, 4) is 22.5 Å². The number of amides is 1. The summed E-state index contributed by atoms with van der Waals surface area (Å²) in [7, 11) is 0. The minimum absolute atomic E-state index is 0.173. The van der Waals surface area contributed by atoms with Gasteiger partial charge >= 0.3 is 12.1 Å². The van der Waals surface area contributed by atoms with E-state index in [1.165, 1.54) is 6.07 Å². The Bertz CT molecular complexity index is 1190. The SMILES string of the molecule is O=C1NC(CCCOC(=O)C(F)(F)F)Cc2[nH]c(-c3ccnc(-c4ccccc4F)c3)cc21. The second-order valence-electron chi connectivity index (χ2n) is 7.64. The number of esters is 1. The Kier molecular flexibility index (Phi) is 6.17. The van der Waals surface area contributed by atoms with E-state index in [4.69, 9.17) is 0 Å². The number of carbonyl (C=O) groups excluding carboxylic acids is 2. The molecule has 0 bridgehead atoms. The molecule has 1 aliphatic heterocycles. The van der Waals surface area contributed by atoms with Gasteiger partial charge in [0.1, 0.15) is 5.82 Å². The third-order valence-electron chi connectivity index (χ3n) is 5.31. The number of benzene rings is 1. The minimum atomic E-state index is -5.02. The number of carbonyl (C=O) groups is 2. The predicted octanol–water partition coefficient (Wildman–Crippen LogP) is 4.42. The van der Waals surface area contributed by atoms with Gasteiger partial charge in [-0.15, -0.1) is 0 Å². The molecule has 0 fully saturated rings. The Morgan fingerprint density at radius 3 is 2.70 bits per heavy atom. The number of ether oxygens (including phenoxy) is 1. The molecular formula is C23H19F4N3O3. The fourth-order valence-corrected chi connectivity index (χ4v) is 3.74. The average Bonchev–Trinajstić information content (AvgIpc) is 3.21. The van der Waals surface area contributed by atoms with Gasteiger partial charge in [0.2, 0.25) is 0 Å². The number of halogens is 4. The first kappa shape index (κ1) is 22.5. The van der Waals surface area contributed by atoms with Crippen molar-refractivity contribution in [1.82, 2.24) is 15.3 Å². The zero-order valence-corrected chi connectivity index (χ0v) is 17.2. The molecule has 172 valence electrons. The maximum atomic E-state index is 14.1. The molecule has 4 rings (SSSR count). The van der Waals surface area contributed by atoms with Crippen molar-refractivity contribution < 1.29 is 31.9 Å². The summed E-state index contributed by atoms with van der Waals surface area (Å²) in [6, 6.07) is 11.1. The molecule has 1 unspecified atom stereocenters. The van der Waals surface area contributed by atoms with Crippen molar-refractivity contribution >= 4 is 11.9 Å². The van der Waals surface area contributed by atoms with Gasteiger partial charge in [-0.05, 0) is 43.2 Å². The molecule has 33 heavy (non-hydrogen) atoms. The second kappa shape index (κ2) is 9.05. The van der Waals surface area contributed by atoms with E-state index in [0.29, 0.717) is 41.1 Å². The number of nitrogens with zero attached hydrogens (tertiary/aromatic N) is 1. The molecule has 2 aromatic heterocycles. The molecule has 2 N–H and O–H groups in total. The highest BCUT2D eigenvalue weighted by Gasteiger charge is 2.40. The van der Waals surface area contributed by atoms with Crippen LogP contribution in [0.4, 0.5) is 17.6 Å². The number of aromatic amines is 1. The smallest absolute Gasteiger partial charge is 0.459 e. The Labute approximate surface area is 186 Å². The van der Waals surface area contributed by atoms with Gasteiger partial charge in [-0.3, -0.25) is 9.78 Å². The molecule has 10 heteroatoms. The number of hydrogen-bond donors (Lipinski definition) is 2. The average molecular weight is 461 g/mol. The standard InChI is InChI=1S/C23H19F4N3O3/c24-17-6-2-1-5-15(17)19-10-13(7-8-28-19)18-12-16-20(30-18)11-14(29-21(16)31)4-3-9-33-22(32)23(25,26)27/h1-2,5-8,10,12,14,30H,3-4,9,11H2,(H,29,31). The van der Waals surface area contributed by atoms with Crippen LogP contribution in [-0.2, 0) is 16.0 Å². The third kappa shape index (κ3) is 5.05. The lowest BCUT2D eigenvalue weighted by Crippen LogP contribution is -2.41. The van der Waals surface area contributed by atoms with Gasteiger partial charge < -0.3 is 15.0 Å². The van der Waals surface area contributed by atoms with E-state index >= 15 is 0 Å². The van der Waals surface area contributed by atoms with Crippen LogP contribution in [0.5, 0.6) is 0 Å². The molecule has 1 atom stereocenters. The van der Waals surface area contributed by atoms with E-state index in [1.54, 1.807) is 42.6 Å². The summed E-state index contributed by atoms with van der Waals surface area (Å²) >= 11 is 0. The first-order valence-corrected chi connectivity index (χ1v) is 10.2. The van der Waals surface area contributed by atoms with E-state index in [-0.39, 0.29) is 25.0 Å². The van der Waals surface area contributed by atoms with Crippen molar-refractivity contribution in [3.05, 3.63) is 65.7 Å². The summed E-state index contributed by atoms with van der Waals surface area (Å²) in [5.41, 5.74) is 3.36. The van der Waals surface area contributed by atoms with Gasteiger partial charge in [0.15, 0.2) is 0 Å². The molecule has 3 heterocycles. The molecule has 3 aromatic rings. The Hall–Kier alpha value is -3.69. The highest BCUT2D eigenvalue weighted by molar-refractivity contribution is 5.98. The number of nitrogens with one attached hydrogen (secondary N) is 2. The van der Waals surface area contributed by atoms with Crippen molar-refractivity contribution in [3.63, 3.8) is 0 Å². The number of rotatable bonds is 6. The van der Waals surface area contributed by atoms with Crippen LogP contribution in [0.1, 0.15) is 28.9 Å². The Morgan fingerprint density at radius 1 is 1.15 bits per heavy atom. The van der Waals surface area contributed by atoms with Crippen LogP contribution in [0.2, 0.25) is 0 Å². The van der Waals surface area contributed by atoms with Gasteiger partial charge in [0.25, 0.3) is 5.91 Å². The van der Waals surface area contributed by atoms with Crippen molar-refractivity contribution in [2.75, 3.05) is 6.61 Å². The van der Waals surface area contributed by atoms with Crippen molar-refractivity contribution in [1.29, 1.82) is 0 Å². The molecule has 1 aromatic carbocycles. The normalized spacial score (nSPS) is 15.6. The van der Waals surface area contributed by atoms with Crippen molar-refractivity contribution in [2.24, 2.45) is 0 Å². The molecule has 0 saturated heterocycles. The van der Waals surface area contributed by atoms with Crippen LogP contribution >= 0.6 is 0 Å². The van der Waals surface area contributed by atoms with Gasteiger partial charge in [-0.2, -0.15) is 13.2 Å². The first-order valence-electron chi connectivity index (χ1n) is 10.2. The number of hydrogen-bond acceptors (Lipinski definition) is 4. The number of pyridine rings is 1. The second-order valence-corrected chi connectivity index (χ2v) is 7.64. The molecule has 6 nitrogen and oxygen atoms in total. The van der Waals surface area contributed by atoms with E-state index in [2.05, 4.69) is 20.0 Å². The monoisotopic (exact) mass is 461 g/mol. The van der Waals surface area contributed by atoms with E-state index in [0.717, 1.165) is 5.56 Å². The zero-order valence-electron chi connectivity index (χ0n) is 17.2. The number of aromatic nitrogens is 2. The highest BCUT2D eigenvalue weighted by atomic mass is 19.4. The van der Waals surface area contributed by atoms with E-state index in [9.17, 15) is 27.2 Å². The minimum Gasteiger partial charge on any atom is -0.459 e. The summed E-state index contributed by atoms with van der Waals surface area (Å²) < 4.78 is 54.8. The predicted molar refractivity (Wildman–Crippen MR) is 111 cm³/mol. The lowest BCUT2D eigenvalue weighted by molar-refractivity contribution is -0.199. The van der Waals surface area contributed by atoms with E-state index < -0.39 is 18.0 Å². The fourth-order valence-electron chi connectivity index (χ4n) is 3.74. The third-order valence-corrected chi connectivity index (χ3v) is 5.31. The maximum absolute atomic E-state index is 14.1. The fraction of sp³-hybridized carbons (Fsp3) is 0.261. The first-order chi connectivity index (χ1) is 15.7. The van der Waals surface area contributed by atoms with Crippen LogP contribution in [0.15, 0.2) is 48.7 Å². The largest absolute Gasteiger partial charge is 0.490 e. The molecule has 0 aliphatic carbocycles. The molecule has 1 aliphatic rings. The van der Waals surface area contributed by atoms with Crippen LogP contribution in [0, 0.1) is 5.82 Å². The van der Waals surface area contributed by atoms with Crippen LogP contribution in [0.25, 0.3) is 22.5 Å². The number of alkyl halides is 3. The van der Waals surface area contributed by atoms with E-state index in [1.807, 2.05) is 0 Å². The van der Waals surface area contributed by atoms with Gasteiger partial charge in [-0.25, -0.2) is 9.18 Å². The topological polar surface area (TPSA) is 84.1 Å². The summed E-state index contributed by atoms with van der Waals surface area (Å²) in [6.07, 6.45) is -2.50. The molecule has 0 radical (unpaired) electrons. The molecule has 0 saturated carbocycles. The lowest BCUT2D eigenvalue weighted by Gasteiger charge is -2.23. The van der Waals surface area contributed by atoms with Gasteiger partial charge in [0.05, 0.1) is 17.9 Å². The zero-order chi connectivity index (χ0) is 23.6.